The Morgan fingerprint density at radius 1 is 1.20 bits per heavy atom. The van der Waals surface area contributed by atoms with Crippen LogP contribution in [0.5, 0.6) is 0 Å². The molecule has 0 radical (unpaired) electrons. The normalized spacial score (nSPS) is 10.6. The van der Waals surface area contributed by atoms with Crippen LogP contribution in [0.2, 0.25) is 0 Å². The minimum absolute atomic E-state index is 0.283. The minimum Gasteiger partial charge on any atom is -0.373 e. The number of hydrogen-bond acceptors (Lipinski definition) is 5. The summed E-state index contributed by atoms with van der Waals surface area (Å²) in [6, 6.07) is 12.6. The molecule has 0 unspecified atom stereocenters. The fraction of sp³-hybridized carbons (Fsp3) is 0.333. The van der Waals surface area contributed by atoms with Gasteiger partial charge < -0.3 is 16.0 Å². The topological polar surface area (TPSA) is 67.1 Å². The molecule has 0 spiro atoms. The van der Waals surface area contributed by atoms with E-state index < -0.39 is 0 Å². The Hall–Kier alpha value is -2.30. The van der Waals surface area contributed by atoms with Gasteiger partial charge in [-0.3, -0.25) is 0 Å². The Kier molecular flexibility index (Phi) is 4.40. The maximum atomic E-state index is 5.78. The molecular formula is C15H21N5. The van der Waals surface area contributed by atoms with Crippen LogP contribution in [-0.2, 0) is 6.54 Å². The zero-order valence-electron chi connectivity index (χ0n) is 12.2. The monoisotopic (exact) mass is 271 g/mol. The second kappa shape index (κ2) is 6.23. The number of anilines is 3. The third-order valence-corrected chi connectivity index (χ3v) is 3.10. The smallest absolute Gasteiger partial charge is 0.223 e. The molecular weight excluding hydrogens is 250 g/mol. The summed E-state index contributed by atoms with van der Waals surface area (Å²) in [4.78, 5) is 10.7. The van der Waals surface area contributed by atoms with Crippen molar-refractivity contribution in [3.63, 3.8) is 0 Å². The number of nitrogen functional groups attached to an aromatic ring is 1. The molecule has 0 saturated carbocycles. The Morgan fingerprint density at radius 3 is 2.50 bits per heavy atom. The predicted octanol–water partition coefficient (Wildman–Crippen LogP) is 2.52. The molecule has 1 heterocycles. The first-order valence-corrected chi connectivity index (χ1v) is 6.73. The number of hydrogen-bond donors (Lipinski definition) is 2. The first kappa shape index (κ1) is 14.1. The van der Waals surface area contributed by atoms with Crippen molar-refractivity contribution < 1.29 is 0 Å². The lowest BCUT2D eigenvalue weighted by Crippen LogP contribution is -2.31. The van der Waals surface area contributed by atoms with Gasteiger partial charge in [0.15, 0.2) is 0 Å². The summed E-state index contributed by atoms with van der Waals surface area (Å²) in [5.41, 5.74) is 7.02. The van der Waals surface area contributed by atoms with Gasteiger partial charge >= 0.3 is 0 Å². The number of nitrogens with one attached hydrogen (secondary N) is 1. The van der Waals surface area contributed by atoms with E-state index in [-0.39, 0.29) is 5.95 Å². The molecule has 0 atom stereocenters. The van der Waals surface area contributed by atoms with Crippen molar-refractivity contribution >= 4 is 17.6 Å². The molecule has 20 heavy (non-hydrogen) atoms. The average Bonchev–Trinajstić information content (AvgIpc) is 2.44. The van der Waals surface area contributed by atoms with Crippen LogP contribution in [-0.4, -0.2) is 23.1 Å². The van der Waals surface area contributed by atoms with E-state index in [1.165, 1.54) is 5.56 Å². The van der Waals surface area contributed by atoms with E-state index >= 15 is 0 Å². The molecule has 0 amide bonds. The van der Waals surface area contributed by atoms with Crippen molar-refractivity contribution in [1.29, 1.82) is 0 Å². The molecule has 2 aromatic rings. The molecule has 5 nitrogen and oxygen atoms in total. The van der Waals surface area contributed by atoms with E-state index in [9.17, 15) is 0 Å². The van der Waals surface area contributed by atoms with Crippen LogP contribution in [0, 0.1) is 0 Å². The van der Waals surface area contributed by atoms with E-state index in [2.05, 4.69) is 46.2 Å². The molecule has 0 saturated heterocycles. The Labute approximate surface area is 119 Å². The van der Waals surface area contributed by atoms with Crippen molar-refractivity contribution in [2.45, 2.75) is 26.4 Å². The first-order valence-electron chi connectivity index (χ1n) is 6.73. The highest BCUT2D eigenvalue weighted by atomic mass is 15.2. The summed E-state index contributed by atoms with van der Waals surface area (Å²) >= 11 is 0. The molecule has 0 aliphatic rings. The fourth-order valence-electron chi connectivity index (χ4n) is 2.04. The van der Waals surface area contributed by atoms with Gasteiger partial charge in [-0.25, -0.2) is 0 Å². The van der Waals surface area contributed by atoms with Gasteiger partial charge in [0.2, 0.25) is 5.95 Å². The van der Waals surface area contributed by atoms with Crippen LogP contribution in [0.4, 0.5) is 17.6 Å². The zero-order chi connectivity index (χ0) is 14.5. The average molecular weight is 271 g/mol. The highest BCUT2D eigenvalue weighted by Gasteiger charge is 2.14. The van der Waals surface area contributed by atoms with Gasteiger partial charge in [0.25, 0.3) is 0 Å². The highest BCUT2D eigenvalue weighted by Crippen LogP contribution is 2.21. The molecule has 0 bridgehead atoms. The highest BCUT2D eigenvalue weighted by molar-refractivity contribution is 5.53. The summed E-state index contributed by atoms with van der Waals surface area (Å²) in [5.74, 6) is 1.84. The SMILES string of the molecule is CNc1cc(N(Cc2ccccc2)C(C)C)nc(N)n1. The second-order valence-electron chi connectivity index (χ2n) is 4.93. The summed E-state index contributed by atoms with van der Waals surface area (Å²) < 4.78 is 0. The second-order valence-corrected chi connectivity index (χ2v) is 4.93. The summed E-state index contributed by atoms with van der Waals surface area (Å²) in [6.07, 6.45) is 0. The van der Waals surface area contributed by atoms with E-state index in [0.29, 0.717) is 6.04 Å². The van der Waals surface area contributed by atoms with E-state index in [4.69, 9.17) is 5.73 Å². The van der Waals surface area contributed by atoms with Crippen molar-refractivity contribution in [2.24, 2.45) is 0 Å². The van der Waals surface area contributed by atoms with Crippen molar-refractivity contribution in [1.82, 2.24) is 9.97 Å². The Morgan fingerprint density at radius 2 is 1.90 bits per heavy atom. The van der Waals surface area contributed by atoms with Gasteiger partial charge in [-0.15, -0.1) is 0 Å². The summed E-state index contributed by atoms with van der Waals surface area (Å²) in [6.45, 7) is 5.07. The summed E-state index contributed by atoms with van der Waals surface area (Å²) in [5, 5.41) is 3.01. The van der Waals surface area contributed by atoms with Crippen molar-refractivity contribution in [3.05, 3.63) is 42.0 Å². The number of benzene rings is 1. The number of nitrogens with zero attached hydrogens (tertiary/aromatic N) is 3. The third-order valence-electron chi connectivity index (χ3n) is 3.10. The van der Waals surface area contributed by atoms with Crippen molar-refractivity contribution in [2.75, 3.05) is 23.0 Å². The lowest BCUT2D eigenvalue weighted by molar-refractivity contribution is 0.672. The standard InChI is InChI=1S/C15H21N5/c1-11(2)20(10-12-7-5-4-6-8-12)14-9-13(17-3)18-15(16)19-14/h4-9,11H,10H2,1-3H3,(H3,16,17,18,19). The minimum atomic E-state index is 0.283. The quantitative estimate of drug-likeness (QED) is 0.874. The molecule has 1 aromatic carbocycles. The molecule has 5 heteroatoms. The molecule has 0 aliphatic heterocycles. The van der Waals surface area contributed by atoms with Crippen LogP contribution in [0.25, 0.3) is 0 Å². The lowest BCUT2D eigenvalue weighted by Gasteiger charge is -2.28. The maximum absolute atomic E-state index is 5.78. The lowest BCUT2D eigenvalue weighted by atomic mass is 10.2. The van der Waals surface area contributed by atoms with E-state index in [0.717, 1.165) is 18.2 Å². The molecule has 0 fully saturated rings. The van der Waals surface area contributed by atoms with Crippen LogP contribution >= 0.6 is 0 Å². The van der Waals surface area contributed by atoms with E-state index in [1.54, 1.807) is 0 Å². The molecule has 2 rings (SSSR count). The zero-order valence-corrected chi connectivity index (χ0v) is 12.2. The van der Waals surface area contributed by atoms with Gasteiger partial charge in [-0.05, 0) is 19.4 Å². The van der Waals surface area contributed by atoms with Gasteiger partial charge in [-0.2, -0.15) is 9.97 Å². The van der Waals surface area contributed by atoms with Gasteiger partial charge in [-0.1, -0.05) is 30.3 Å². The van der Waals surface area contributed by atoms with Crippen molar-refractivity contribution in [3.8, 4) is 0 Å². The van der Waals surface area contributed by atoms with Crippen LogP contribution in [0.1, 0.15) is 19.4 Å². The molecule has 1 aromatic heterocycles. The third kappa shape index (κ3) is 3.38. The fourth-order valence-corrected chi connectivity index (χ4v) is 2.04. The van der Waals surface area contributed by atoms with E-state index in [1.807, 2.05) is 31.3 Å². The van der Waals surface area contributed by atoms with Crippen LogP contribution in [0.3, 0.4) is 0 Å². The van der Waals surface area contributed by atoms with Crippen LogP contribution < -0.4 is 16.0 Å². The van der Waals surface area contributed by atoms with Gasteiger partial charge in [0.05, 0.1) is 0 Å². The number of nitrogens with two attached hydrogens (primary N) is 1. The number of rotatable bonds is 5. The Bertz CT molecular complexity index is 553. The largest absolute Gasteiger partial charge is 0.373 e. The first-order chi connectivity index (χ1) is 9.60. The maximum Gasteiger partial charge on any atom is 0.223 e. The number of aromatic nitrogens is 2. The van der Waals surface area contributed by atoms with Crippen LogP contribution in [0.15, 0.2) is 36.4 Å². The Balaban J connectivity index is 2.31. The molecule has 106 valence electrons. The molecule has 0 aliphatic carbocycles. The van der Waals surface area contributed by atoms with Gasteiger partial charge in [0.1, 0.15) is 11.6 Å². The van der Waals surface area contributed by atoms with Gasteiger partial charge in [0, 0.05) is 25.7 Å². The summed E-state index contributed by atoms with van der Waals surface area (Å²) in [7, 11) is 1.82. The predicted molar refractivity (Wildman–Crippen MR) is 83.8 cm³/mol. The molecule has 3 N–H and O–H groups in total.